The summed E-state index contributed by atoms with van der Waals surface area (Å²) in [5.74, 6) is 3.08. The van der Waals surface area contributed by atoms with Crippen LogP contribution in [0.1, 0.15) is 11.1 Å². The maximum atomic E-state index is 11.1. The van der Waals surface area contributed by atoms with Crippen molar-refractivity contribution < 1.29 is 14.2 Å². The largest absolute Gasteiger partial charge is 0.457 e. The third-order valence-electron chi connectivity index (χ3n) is 8.19. The molecule has 0 aromatic heterocycles. The van der Waals surface area contributed by atoms with Crippen molar-refractivity contribution in [2.45, 2.75) is 0 Å². The third kappa shape index (κ3) is 6.48. The third-order valence-corrected chi connectivity index (χ3v) is 8.19. The highest BCUT2D eigenvalue weighted by Gasteiger charge is 2.31. The number of nitrogens with zero attached hydrogens (tertiary/aromatic N) is 3. The van der Waals surface area contributed by atoms with E-state index in [2.05, 4.69) is 17.0 Å². The van der Waals surface area contributed by atoms with Crippen LogP contribution in [0.3, 0.4) is 0 Å². The van der Waals surface area contributed by atoms with Crippen LogP contribution in [-0.4, -0.2) is 0 Å². The minimum absolute atomic E-state index is 0.113. The van der Waals surface area contributed by atoms with Gasteiger partial charge in [0.1, 0.15) is 34.5 Å². The fourth-order valence-corrected chi connectivity index (χ4v) is 6.00. The van der Waals surface area contributed by atoms with Gasteiger partial charge in [-0.15, -0.1) is 0 Å². The van der Waals surface area contributed by atoms with Crippen molar-refractivity contribution in [2.75, 3.05) is 0 Å². The van der Waals surface area contributed by atoms with E-state index in [-0.39, 0.29) is 16.8 Å². The lowest BCUT2D eigenvalue weighted by Gasteiger charge is -2.23. The van der Waals surface area contributed by atoms with Crippen molar-refractivity contribution >= 4 is 5.69 Å². The molecule has 0 aliphatic carbocycles. The summed E-state index contributed by atoms with van der Waals surface area (Å²) in [5.41, 5.74) is 2.90. The van der Waals surface area contributed by atoms with Crippen LogP contribution in [0, 0.1) is 29.2 Å². The fourth-order valence-electron chi connectivity index (χ4n) is 6.00. The number of hydrogen-bond donors (Lipinski definition) is 0. The van der Waals surface area contributed by atoms with Gasteiger partial charge in [0.05, 0.1) is 29.8 Å². The summed E-state index contributed by atoms with van der Waals surface area (Å²) in [6.07, 6.45) is 0. The molecular formula is C45H27N3O3. The quantitative estimate of drug-likeness (QED) is 0.144. The van der Waals surface area contributed by atoms with E-state index in [1.807, 2.05) is 146 Å². The van der Waals surface area contributed by atoms with Gasteiger partial charge in [-0.3, -0.25) is 0 Å². The van der Waals surface area contributed by atoms with Gasteiger partial charge in [0.25, 0.3) is 0 Å². The van der Waals surface area contributed by atoms with E-state index >= 15 is 0 Å². The molecule has 0 radical (unpaired) electrons. The summed E-state index contributed by atoms with van der Waals surface area (Å²) in [6.45, 7) is 8.62. The van der Waals surface area contributed by atoms with Gasteiger partial charge in [0, 0.05) is 33.4 Å². The Morgan fingerprint density at radius 3 is 1.00 bits per heavy atom. The highest BCUT2D eigenvalue weighted by Crippen LogP contribution is 2.53. The van der Waals surface area contributed by atoms with Crippen LogP contribution >= 0.6 is 0 Å². The molecule has 6 nitrogen and oxygen atoms in total. The van der Waals surface area contributed by atoms with Gasteiger partial charge in [-0.25, -0.2) is 4.85 Å². The zero-order chi connectivity index (χ0) is 35.0. The molecule has 0 amide bonds. The Bertz CT molecular complexity index is 2180. The maximum absolute atomic E-state index is 11.1. The normalized spacial score (nSPS) is 10.3. The van der Waals surface area contributed by atoms with Crippen molar-refractivity contribution in [3.63, 3.8) is 0 Å². The first-order valence-corrected chi connectivity index (χ1v) is 16.1. The molecule has 7 aromatic carbocycles. The summed E-state index contributed by atoms with van der Waals surface area (Å²) < 4.78 is 19.2. The Balaban J connectivity index is 1.58. The number of rotatable bonds is 9. The standard InChI is InChI=1S/C45H27N3O3/c1-48-45-43(35-24-12-15-27-40(35)50-32-19-7-3-8-20-32)37(29-46)42(34-23-11-14-26-39(34)49-31-17-5-2-6-18-31)38(30-47)44(45)36-25-13-16-28-41(36)51-33-21-9-4-10-22-33/h2-28H. The lowest BCUT2D eigenvalue weighted by Crippen LogP contribution is -2.02. The average Bonchev–Trinajstić information content (AvgIpc) is 3.19. The molecule has 0 aliphatic heterocycles. The highest BCUT2D eigenvalue weighted by molar-refractivity contribution is 6.05. The molecule has 6 heteroatoms. The molecule has 0 N–H and O–H groups in total. The van der Waals surface area contributed by atoms with E-state index in [0.717, 1.165) is 0 Å². The van der Waals surface area contributed by atoms with E-state index in [0.29, 0.717) is 67.9 Å². The van der Waals surface area contributed by atoms with Gasteiger partial charge in [0.2, 0.25) is 5.69 Å². The number of para-hydroxylation sites is 6. The molecule has 0 unspecified atom stereocenters. The second-order valence-corrected chi connectivity index (χ2v) is 11.3. The number of nitriles is 2. The van der Waals surface area contributed by atoms with Crippen LogP contribution in [0.25, 0.3) is 38.2 Å². The van der Waals surface area contributed by atoms with Crippen LogP contribution in [0.2, 0.25) is 0 Å². The molecule has 7 rings (SSSR count). The first kappa shape index (κ1) is 32.0. The molecule has 0 saturated carbocycles. The minimum Gasteiger partial charge on any atom is -0.457 e. The van der Waals surface area contributed by atoms with Crippen molar-refractivity contribution in [3.8, 4) is 80.0 Å². The molecule has 0 fully saturated rings. The maximum Gasteiger partial charge on any atom is 0.205 e. The molecule has 0 aliphatic rings. The molecule has 0 heterocycles. The van der Waals surface area contributed by atoms with Gasteiger partial charge >= 0.3 is 0 Å². The van der Waals surface area contributed by atoms with Crippen LogP contribution < -0.4 is 14.2 Å². The Labute approximate surface area is 296 Å². The second kappa shape index (κ2) is 14.7. The number of hydrogen-bond acceptors (Lipinski definition) is 5. The Hall–Kier alpha value is -7.59. The van der Waals surface area contributed by atoms with Crippen molar-refractivity contribution in [1.82, 2.24) is 0 Å². The van der Waals surface area contributed by atoms with Crippen LogP contribution in [0.15, 0.2) is 164 Å². The Kier molecular flexibility index (Phi) is 9.20. The smallest absolute Gasteiger partial charge is 0.205 e. The lowest BCUT2D eigenvalue weighted by atomic mass is 9.81. The Morgan fingerprint density at radius 1 is 0.392 bits per heavy atom. The second-order valence-electron chi connectivity index (χ2n) is 11.3. The monoisotopic (exact) mass is 657 g/mol. The summed E-state index contributed by atoms with van der Waals surface area (Å²) in [4.78, 5) is 4.07. The summed E-state index contributed by atoms with van der Waals surface area (Å²) in [7, 11) is 0. The molecule has 0 atom stereocenters. The van der Waals surface area contributed by atoms with Crippen LogP contribution in [-0.2, 0) is 0 Å². The summed E-state index contributed by atoms with van der Waals surface area (Å²) >= 11 is 0. The van der Waals surface area contributed by atoms with E-state index in [9.17, 15) is 10.5 Å². The predicted molar refractivity (Wildman–Crippen MR) is 198 cm³/mol. The molecule has 7 aromatic rings. The van der Waals surface area contributed by atoms with Gasteiger partial charge in [-0.2, -0.15) is 10.5 Å². The highest BCUT2D eigenvalue weighted by atomic mass is 16.5. The van der Waals surface area contributed by atoms with E-state index in [1.165, 1.54) is 0 Å². The summed E-state index contributed by atoms with van der Waals surface area (Å²) in [6, 6.07) is 54.5. The molecular weight excluding hydrogens is 631 g/mol. The van der Waals surface area contributed by atoms with Crippen molar-refractivity contribution in [2.24, 2.45) is 0 Å². The van der Waals surface area contributed by atoms with E-state index < -0.39 is 0 Å². The van der Waals surface area contributed by atoms with Gasteiger partial charge in [-0.1, -0.05) is 109 Å². The Morgan fingerprint density at radius 2 is 0.686 bits per heavy atom. The molecule has 51 heavy (non-hydrogen) atoms. The molecule has 0 saturated heterocycles. The lowest BCUT2D eigenvalue weighted by molar-refractivity contribution is 0.484. The zero-order valence-electron chi connectivity index (χ0n) is 27.2. The summed E-state index contributed by atoms with van der Waals surface area (Å²) in [5, 5.41) is 22.1. The van der Waals surface area contributed by atoms with Gasteiger partial charge in [-0.05, 0) is 54.6 Å². The number of benzene rings is 7. The van der Waals surface area contributed by atoms with Crippen LogP contribution in [0.5, 0.6) is 34.5 Å². The first-order chi connectivity index (χ1) is 25.2. The fraction of sp³-hybridized carbons (Fsp3) is 0. The van der Waals surface area contributed by atoms with Crippen molar-refractivity contribution in [3.05, 3.63) is 186 Å². The topological polar surface area (TPSA) is 79.6 Å². The first-order valence-electron chi connectivity index (χ1n) is 16.1. The minimum atomic E-state index is 0.113. The molecule has 0 spiro atoms. The predicted octanol–water partition coefficient (Wildman–Crippen LogP) is 12.4. The van der Waals surface area contributed by atoms with E-state index in [1.54, 1.807) is 18.2 Å². The van der Waals surface area contributed by atoms with Gasteiger partial charge < -0.3 is 14.2 Å². The average molecular weight is 658 g/mol. The molecule has 240 valence electrons. The van der Waals surface area contributed by atoms with Crippen molar-refractivity contribution in [1.29, 1.82) is 10.5 Å². The van der Waals surface area contributed by atoms with Crippen LogP contribution in [0.4, 0.5) is 5.69 Å². The van der Waals surface area contributed by atoms with E-state index in [4.69, 9.17) is 20.8 Å². The molecule has 0 bridgehead atoms. The SMILES string of the molecule is [C-]#[N+]c1c(-c2ccccc2Oc2ccccc2)c(C#N)c(-c2ccccc2Oc2ccccc2)c(C#N)c1-c1ccccc1Oc1ccccc1. The number of ether oxygens (including phenoxy) is 3. The zero-order valence-corrected chi connectivity index (χ0v) is 27.2. The van der Waals surface area contributed by atoms with Gasteiger partial charge in [0.15, 0.2) is 0 Å².